The van der Waals surface area contributed by atoms with Crippen molar-refractivity contribution in [2.24, 2.45) is 5.92 Å². The highest BCUT2D eigenvalue weighted by molar-refractivity contribution is 5.35. The molecular weight excluding hydrogens is 236 g/mol. The van der Waals surface area contributed by atoms with Crippen LogP contribution in [0, 0.1) is 5.92 Å². The lowest BCUT2D eigenvalue weighted by molar-refractivity contribution is 0.199. The zero-order valence-corrected chi connectivity index (χ0v) is 12.4. The minimum absolute atomic E-state index is 0.451. The molecule has 0 aromatic carbocycles. The van der Waals surface area contributed by atoms with Gasteiger partial charge in [0, 0.05) is 24.8 Å². The van der Waals surface area contributed by atoms with Crippen LogP contribution in [0.4, 0.5) is 5.82 Å². The third kappa shape index (κ3) is 4.46. The van der Waals surface area contributed by atoms with Crippen LogP contribution in [0.2, 0.25) is 0 Å². The van der Waals surface area contributed by atoms with E-state index in [0.29, 0.717) is 5.92 Å². The van der Waals surface area contributed by atoms with E-state index in [2.05, 4.69) is 47.0 Å². The van der Waals surface area contributed by atoms with Gasteiger partial charge in [-0.2, -0.15) is 0 Å². The van der Waals surface area contributed by atoms with Gasteiger partial charge in [0.15, 0.2) is 0 Å². The smallest absolute Gasteiger partial charge is 0.129 e. The third-order valence-corrected chi connectivity index (χ3v) is 3.89. The van der Waals surface area contributed by atoms with Crippen molar-refractivity contribution in [3.8, 4) is 0 Å². The summed E-state index contributed by atoms with van der Waals surface area (Å²) in [6.45, 7) is 11.2. The van der Waals surface area contributed by atoms with Crippen LogP contribution < -0.4 is 5.32 Å². The van der Waals surface area contributed by atoms with Crippen molar-refractivity contribution >= 4 is 5.82 Å². The molecule has 0 amide bonds. The predicted octanol–water partition coefficient (Wildman–Crippen LogP) is 2.74. The molecule has 0 aliphatic carbocycles. The summed E-state index contributed by atoms with van der Waals surface area (Å²) in [6, 6.07) is 2.06. The molecular formula is C15H26N4. The van der Waals surface area contributed by atoms with Crippen LogP contribution >= 0.6 is 0 Å². The number of aromatic nitrogens is 2. The van der Waals surface area contributed by atoms with Crippen LogP contribution in [0.5, 0.6) is 0 Å². The molecule has 4 heteroatoms. The van der Waals surface area contributed by atoms with E-state index in [4.69, 9.17) is 0 Å². The average Bonchev–Trinajstić information content (AvgIpc) is 2.41. The Morgan fingerprint density at radius 3 is 2.74 bits per heavy atom. The Hall–Kier alpha value is -1.16. The summed E-state index contributed by atoms with van der Waals surface area (Å²) in [6.07, 6.45) is 4.33. The van der Waals surface area contributed by atoms with E-state index in [-0.39, 0.29) is 0 Å². The zero-order valence-electron chi connectivity index (χ0n) is 12.4. The summed E-state index contributed by atoms with van der Waals surface area (Å²) < 4.78 is 0. The molecule has 0 unspecified atom stereocenters. The molecule has 1 aromatic rings. The van der Waals surface area contributed by atoms with Gasteiger partial charge >= 0.3 is 0 Å². The zero-order chi connectivity index (χ0) is 13.7. The number of nitrogens with zero attached hydrogens (tertiary/aromatic N) is 3. The molecule has 1 saturated heterocycles. The average molecular weight is 262 g/mol. The molecule has 0 atom stereocenters. The first-order valence-electron chi connectivity index (χ1n) is 7.43. The first kappa shape index (κ1) is 14.3. The number of piperidine rings is 1. The Bertz CT molecular complexity index is 383. The largest absolute Gasteiger partial charge is 0.369 e. The fourth-order valence-electron chi connectivity index (χ4n) is 2.41. The number of hydrogen-bond acceptors (Lipinski definition) is 4. The maximum atomic E-state index is 4.28. The van der Waals surface area contributed by atoms with E-state index in [0.717, 1.165) is 30.5 Å². The van der Waals surface area contributed by atoms with Gasteiger partial charge in [0.05, 0.1) is 0 Å². The Morgan fingerprint density at radius 2 is 2.05 bits per heavy atom. The van der Waals surface area contributed by atoms with Gasteiger partial charge in [-0.25, -0.2) is 9.97 Å². The lowest BCUT2D eigenvalue weighted by Gasteiger charge is -2.30. The van der Waals surface area contributed by atoms with Crippen LogP contribution in [0.25, 0.3) is 0 Å². The van der Waals surface area contributed by atoms with Crippen molar-refractivity contribution in [2.45, 2.75) is 39.5 Å². The van der Waals surface area contributed by atoms with Crippen molar-refractivity contribution in [3.05, 3.63) is 18.1 Å². The molecule has 1 N–H and O–H groups in total. The van der Waals surface area contributed by atoms with Gasteiger partial charge in [-0.15, -0.1) is 0 Å². The predicted molar refractivity (Wildman–Crippen MR) is 79.4 cm³/mol. The Labute approximate surface area is 116 Å². The second kappa shape index (κ2) is 6.85. The molecule has 1 fully saturated rings. The normalized spacial score (nSPS) is 17.9. The fourth-order valence-corrected chi connectivity index (χ4v) is 2.41. The van der Waals surface area contributed by atoms with Gasteiger partial charge in [-0.1, -0.05) is 20.8 Å². The van der Waals surface area contributed by atoms with Gasteiger partial charge in [-0.05, 0) is 37.8 Å². The maximum absolute atomic E-state index is 4.28. The second-order valence-electron chi connectivity index (χ2n) is 5.93. The van der Waals surface area contributed by atoms with Crippen molar-refractivity contribution in [1.82, 2.24) is 14.9 Å². The van der Waals surface area contributed by atoms with Crippen LogP contribution in [-0.2, 0) is 0 Å². The topological polar surface area (TPSA) is 41.0 Å². The number of hydrogen-bond donors (Lipinski definition) is 1. The molecule has 2 rings (SSSR count). The molecule has 4 nitrogen and oxygen atoms in total. The molecule has 0 saturated carbocycles. The first-order valence-corrected chi connectivity index (χ1v) is 7.43. The molecule has 19 heavy (non-hydrogen) atoms. The first-order chi connectivity index (χ1) is 9.15. The molecule has 1 aliphatic heterocycles. The van der Waals surface area contributed by atoms with Crippen LogP contribution in [0.15, 0.2) is 12.4 Å². The van der Waals surface area contributed by atoms with Crippen LogP contribution in [-0.4, -0.2) is 41.0 Å². The standard InChI is InChI=1S/C15H26N4/c1-12(2)14-10-15(18-11-17-14)16-6-9-19-7-4-13(3)5-8-19/h10-13H,4-9H2,1-3H3,(H,16,17,18). The van der Waals surface area contributed by atoms with Gasteiger partial charge < -0.3 is 10.2 Å². The lowest BCUT2D eigenvalue weighted by Crippen LogP contribution is -2.36. The van der Waals surface area contributed by atoms with Crippen molar-refractivity contribution < 1.29 is 0 Å². The SMILES string of the molecule is CC1CCN(CCNc2cc(C(C)C)ncn2)CC1. The van der Waals surface area contributed by atoms with E-state index in [1.165, 1.54) is 25.9 Å². The molecule has 1 aromatic heterocycles. The third-order valence-electron chi connectivity index (χ3n) is 3.89. The molecule has 0 radical (unpaired) electrons. The highest BCUT2D eigenvalue weighted by Crippen LogP contribution is 2.16. The summed E-state index contributed by atoms with van der Waals surface area (Å²) in [4.78, 5) is 11.1. The van der Waals surface area contributed by atoms with Crippen molar-refractivity contribution in [1.29, 1.82) is 0 Å². The van der Waals surface area contributed by atoms with E-state index >= 15 is 0 Å². The van der Waals surface area contributed by atoms with E-state index in [9.17, 15) is 0 Å². The number of rotatable bonds is 5. The van der Waals surface area contributed by atoms with Crippen molar-refractivity contribution in [3.63, 3.8) is 0 Å². The number of likely N-dealkylation sites (tertiary alicyclic amines) is 1. The number of nitrogens with one attached hydrogen (secondary N) is 1. The van der Waals surface area contributed by atoms with Gasteiger partial charge in [0.1, 0.15) is 12.1 Å². The highest BCUT2D eigenvalue weighted by Gasteiger charge is 2.14. The van der Waals surface area contributed by atoms with Crippen LogP contribution in [0.3, 0.4) is 0 Å². The summed E-state index contributed by atoms with van der Waals surface area (Å²) in [5.74, 6) is 2.30. The molecule has 0 spiro atoms. The summed E-state index contributed by atoms with van der Waals surface area (Å²) >= 11 is 0. The molecule has 106 valence electrons. The molecule has 0 bridgehead atoms. The maximum Gasteiger partial charge on any atom is 0.129 e. The van der Waals surface area contributed by atoms with Crippen molar-refractivity contribution in [2.75, 3.05) is 31.5 Å². The Kier molecular flexibility index (Phi) is 5.14. The molecule has 2 heterocycles. The summed E-state index contributed by atoms with van der Waals surface area (Å²) in [5, 5.41) is 3.41. The fraction of sp³-hybridized carbons (Fsp3) is 0.733. The van der Waals surface area contributed by atoms with Crippen LogP contribution in [0.1, 0.15) is 45.2 Å². The summed E-state index contributed by atoms with van der Waals surface area (Å²) in [5.41, 5.74) is 1.10. The quantitative estimate of drug-likeness (QED) is 0.886. The van der Waals surface area contributed by atoms with E-state index in [1.54, 1.807) is 6.33 Å². The van der Waals surface area contributed by atoms with Gasteiger partial charge in [-0.3, -0.25) is 0 Å². The highest BCUT2D eigenvalue weighted by atomic mass is 15.1. The molecule has 1 aliphatic rings. The van der Waals surface area contributed by atoms with Gasteiger partial charge in [0.25, 0.3) is 0 Å². The second-order valence-corrected chi connectivity index (χ2v) is 5.93. The number of anilines is 1. The van der Waals surface area contributed by atoms with E-state index in [1.807, 2.05) is 0 Å². The minimum atomic E-state index is 0.451. The van der Waals surface area contributed by atoms with Gasteiger partial charge in [0.2, 0.25) is 0 Å². The Morgan fingerprint density at radius 1 is 1.32 bits per heavy atom. The summed E-state index contributed by atoms with van der Waals surface area (Å²) in [7, 11) is 0. The monoisotopic (exact) mass is 262 g/mol. The van der Waals surface area contributed by atoms with E-state index < -0.39 is 0 Å². The minimum Gasteiger partial charge on any atom is -0.369 e. The lowest BCUT2D eigenvalue weighted by atomic mass is 9.99. The Balaban J connectivity index is 1.75.